The highest BCUT2D eigenvalue weighted by Gasteiger charge is 2.19. The molecule has 3 heteroatoms. The van der Waals surface area contributed by atoms with Crippen molar-refractivity contribution in [3.8, 4) is 0 Å². The number of hydrogen-bond donors (Lipinski definition) is 1. The van der Waals surface area contributed by atoms with Gasteiger partial charge in [0, 0.05) is 0 Å². The first kappa shape index (κ1) is 11.1. The Labute approximate surface area is 95.7 Å². The molecule has 0 aliphatic rings. The van der Waals surface area contributed by atoms with E-state index in [9.17, 15) is 0 Å². The minimum absolute atomic E-state index is 0.114. The number of benzene rings is 1. The molecule has 2 rings (SSSR count). The van der Waals surface area contributed by atoms with E-state index in [1.165, 1.54) is 0 Å². The molecule has 1 aromatic heterocycles. The van der Waals surface area contributed by atoms with Crippen molar-refractivity contribution in [1.82, 2.24) is 4.98 Å². The Kier molecular flexibility index (Phi) is 2.97. The fourth-order valence-corrected chi connectivity index (χ4v) is 1.74. The second-order valence-electron chi connectivity index (χ2n) is 4.39. The van der Waals surface area contributed by atoms with Crippen LogP contribution in [0.2, 0.25) is 0 Å². The number of rotatable bonds is 3. The zero-order chi connectivity index (χ0) is 11.7. The molecule has 2 unspecified atom stereocenters. The lowest BCUT2D eigenvalue weighted by molar-refractivity contribution is 0.375. The Bertz CT molecular complexity index is 490. The van der Waals surface area contributed by atoms with Crippen molar-refractivity contribution in [2.75, 3.05) is 0 Å². The van der Waals surface area contributed by atoms with Gasteiger partial charge < -0.3 is 10.2 Å². The third kappa shape index (κ3) is 1.83. The average Bonchev–Trinajstić information content (AvgIpc) is 2.72. The van der Waals surface area contributed by atoms with Crippen LogP contribution in [-0.2, 0) is 0 Å². The summed E-state index contributed by atoms with van der Waals surface area (Å²) in [6.07, 6.45) is 1.03. The van der Waals surface area contributed by atoms with E-state index < -0.39 is 0 Å². The van der Waals surface area contributed by atoms with Crippen LogP contribution in [0.1, 0.15) is 37.8 Å². The number of hydrogen-bond acceptors (Lipinski definition) is 3. The Morgan fingerprint density at radius 3 is 2.81 bits per heavy atom. The Balaban J connectivity index is 2.43. The van der Waals surface area contributed by atoms with Crippen LogP contribution >= 0.6 is 0 Å². The van der Waals surface area contributed by atoms with Crippen LogP contribution < -0.4 is 5.73 Å². The van der Waals surface area contributed by atoms with Gasteiger partial charge in [-0.2, -0.15) is 0 Å². The van der Waals surface area contributed by atoms with Crippen molar-refractivity contribution in [2.45, 2.75) is 33.2 Å². The first-order chi connectivity index (χ1) is 7.63. The molecule has 16 heavy (non-hydrogen) atoms. The summed E-state index contributed by atoms with van der Waals surface area (Å²) in [7, 11) is 0. The summed E-state index contributed by atoms with van der Waals surface area (Å²) < 4.78 is 5.70. The van der Waals surface area contributed by atoms with Crippen molar-refractivity contribution in [1.29, 1.82) is 0 Å². The van der Waals surface area contributed by atoms with E-state index >= 15 is 0 Å². The number of nitrogens with zero attached hydrogens (tertiary/aromatic N) is 1. The minimum atomic E-state index is -0.114. The summed E-state index contributed by atoms with van der Waals surface area (Å²) in [4.78, 5) is 4.49. The van der Waals surface area contributed by atoms with Crippen molar-refractivity contribution in [2.24, 2.45) is 11.7 Å². The molecule has 2 aromatic rings. The van der Waals surface area contributed by atoms with Gasteiger partial charge in [0.25, 0.3) is 0 Å². The van der Waals surface area contributed by atoms with Crippen molar-refractivity contribution in [3.05, 3.63) is 29.7 Å². The highest BCUT2D eigenvalue weighted by Crippen LogP contribution is 2.26. The van der Waals surface area contributed by atoms with Crippen LogP contribution in [-0.4, -0.2) is 4.98 Å². The van der Waals surface area contributed by atoms with Gasteiger partial charge in [-0.1, -0.05) is 32.4 Å². The van der Waals surface area contributed by atoms with E-state index in [0.717, 1.165) is 23.1 Å². The van der Waals surface area contributed by atoms with E-state index in [4.69, 9.17) is 10.2 Å². The Morgan fingerprint density at radius 2 is 2.19 bits per heavy atom. The zero-order valence-corrected chi connectivity index (χ0v) is 10.0. The topological polar surface area (TPSA) is 52.0 Å². The molecule has 0 radical (unpaired) electrons. The third-order valence-electron chi connectivity index (χ3n) is 3.18. The van der Waals surface area contributed by atoms with E-state index in [2.05, 4.69) is 18.8 Å². The van der Waals surface area contributed by atoms with Crippen molar-refractivity contribution >= 4 is 11.1 Å². The molecule has 1 heterocycles. The lowest BCUT2D eigenvalue weighted by Gasteiger charge is -2.13. The largest absolute Gasteiger partial charge is 0.439 e. The van der Waals surface area contributed by atoms with Crippen molar-refractivity contribution in [3.63, 3.8) is 0 Å². The highest BCUT2D eigenvalue weighted by molar-refractivity contribution is 5.76. The molecule has 1 aromatic carbocycles. The first-order valence-corrected chi connectivity index (χ1v) is 5.75. The number of para-hydroxylation sites is 1. The molecule has 0 fully saturated rings. The SMILES string of the molecule is CCC(C)C(N)c1nc2c(C)cccc2o1. The van der Waals surface area contributed by atoms with Crippen LogP contribution in [0, 0.1) is 12.8 Å². The zero-order valence-electron chi connectivity index (χ0n) is 10.0. The summed E-state index contributed by atoms with van der Waals surface area (Å²) in [6, 6.07) is 5.82. The van der Waals surface area contributed by atoms with Gasteiger partial charge in [0.2, 0.25) is 5.89 Å². The second kappa shape index (κ2) is 4.26. The van der Waals surface area contributed by atoms with E-state index in [1.807, 2.05) is 25.1 Å². The molecule has 0 aliphatic carbocycles. The molecule has 2 atom stereocenters. The van der Waals surface area contributed by atoms with Gasteiger partial charge >= 0.3 is 0 Å². The molecular formula is C13H18N2O. The molecule has 0 saturated carbocycles. The van der Waals surface area contributed by atoms with Crippen LogP contribution in [0.4, 0.5) is 0 Å². The fourth-order valence-electron chi connectivity index (χ4n) is 1.74. The summed E-state index contributed by atoms with van der Waals surface area (Å²) >= 11 is 0. The number of aryl methyl sites for hydroxylation is 1. The van der Waals surface area contributed by atoms with Crippen molar-refractivity contribution < 1.29 is 4.42 Å². The normalized spacial score (nSPS) is 15.2. The van der Waals surface area contributed by atoms with Crippen LogP contribution in [0.15, 0.2) is 22.6 Å². The Hall–Kier alpha value is -1.35. The predicted molar refractivity (Wildman–Crippen MR) is 65.1 cm³/mol. The number of oxazole rings is 1. The molecule has 0 aliphatic heterocycles. The minimum Gasteiger partial charge on any atom is -0.439 e. The fraction of sp³-hybridized carbons (Fsp3) is 0.462. The van der Waals surface area contributed by atoms with Crippen LogP contribution in [0.3, 0.4) is 0 Å². The maximum Gasteiger partial charge on any atom is 0.212 e. The number of aromatic nitrogens is 1. The van der Waals surface area contributed by atoms with Crippen LogP contribution in [0.5, 0.6) is 0 Å². The Morgan fingerprint density at radius 1 is 1.44 bits per heavy atom. The van der Waals surface area contributed by atoms with Gasteiger partial charge in [0.05, 0.1) is 6.04 Å². The van der Waals surface area contributed by atoms with E-state index in [0.29, 0.717) is 11.8 Å². The summed E-state index contributed by atoms with van der Waals surface area (Å²) in [5.41, 5.74) is 8.99. The lowest BCUT2D eigenvalue weighted by atomic mass is 10.0. The molecule has 0 bridgehead atoms. The first-order valence-electron chi connectivity index (χ1n) is 5.75. The number of nitrogens with two attached hydrogens (primary N) is 1. The van der Waals surface area contributed by atoms with Gasteiger partial charge in [-0.05, 0) is 24.5 Å². The standard InChI is InChI=1S/C13H18N2O/c1-4-8(2)11(14)13-15-12-9(3)6-5-7-10(12)16-13/h5-8,11H,4,14H2,1-3H3. The molecule has 0 spiro atoms. The molecule has 0 amide bonds. The second-order valence-corrected chi connectivity index (χ2v) is 4.39. The highest BCUT2D eigenvalue weighted by atomic mass is 16.3. The maximum absolute atomic E-state index is 6.11. The van der Waals surface area contributed by atoms with E-state index in [1.54, 1.807) is 0 Å². The summed E-state index contributed by atoms with van der Waals surface area (Å²) in [5, 5.41) is 0. The predicted octanol–water partition coefficient (Wildman–Crippen LogP) is 3.18. The van der Waals surface area contributed by atoms with Gasteiger partial charge in [-0.25, -0.2) is 4.98 Å². The number of fused-ring (bicyclic) bond motifs is 1. The lowest BCUT2D eigenvalue weighted by Crippen LogP contribution is -2.18. The quantitative estimate of drug-likeness (QED) is 0.860. The smallest absolute Gasteiger partial charge is 0.212 e. The average molecular weight is 218 g/mol. The molecular weight excluding hydrogens is 200 g/mol. The third-order valence-corrected chi connectivity index (χ3v) is 3.18. The summed E-state index contributed by atoms with van der Waals surface area (Å²) in [6.45, 7) is 6.27. The van der Waals surface area contributed by atoms with Gasteiger partial charge in [0.1, 0.15) is 5.52 Å². The van der Waals surface area contributed by atoms with Gasteiger partial charge in [-0.3, -0.25) is 0 Å². The van der Waals surface area contributed by atoms with E-state index in [-0.39, 0.29) is 6.04 Å². The molecule has 0 saturated heterocycles. The summed E-state index contributed by atoms with van der Waals surface area (Å²) in [5.74, 6) is 1.03. The monoisotopic (exact) mass is 218 g/mol. The van der Waals surface area contributed by atoms with Crippen LogP contribution in [0.25, 0.3) is 11.1 Å². The molecule has 86 valence electrons. The van der Waals surface area contributed by atoms with Gasteiger partial charge in [-0.15, -0.1) is 0 Å². The molecule has 2 N–H and O–H groups in total. The molecule has 3 nitrogen and oxygen atoms in total. The van der Waals surface area contributed by atoms with Gasteiger partial charge in [0.15, 0.2) is 5.58 Å². The maximum atomic E-state index is 6.11.